The van der Waals surface area contributed by atoms with E-state index in [1.54, 1.807) is 0 Å². The van der Waals surface area contributed by atoms with Gasteiger partial charge in [-0.2, -0.15) is 0 Å². The first-order valence-electron chi connectivity index (χ1n) is 35.6. The first kappa shape index (κ1) is 68.6. The monoisotopic (exact) mass is 1360 g/mol. The number of para-hydroxylation sites is 2. The Hall–Kier alpha value is -12.5. The van der Waals surface area contributed by atoms with Crippen LogP contribution in [-0.4, -0.2) is 4.98 Å². The highest BCUT2D eigenvalue weighted by atomic mass is 32.1. The standard InChI is InChI=1S/C19H14O.C19H14S.3C17H14.C12H11N/c2*1-13-7-5-11-16-17-12-6-10-15(19(17)20-18(13)16)14-8-3-2-4-9-14;1-13-9-11-15(12-10-13)17-8-4-6-14-5-2-3-7-16(14)17;1-13-11-12-16(14-7-3-2-4-8-14)17-10-6-5-9-15(13)17;1-13-6-8-15(9-7-13)17-11-10-14-4-2-3-5-16(14)12-17;1-10-6-5-9-13-12(10)11-7-3-2-4-8-11/h2*2-12H,1H3;3*2-12H,1H3;2-9H,1H3. The summed E-state index contributed by atoms with van der Waals surface area (Å²) < 4.78 is 8.97. The van der Waals surface area contributed by atoms with E-state index in [0.29, 0.717) is 0 Å². The highest BCUT2D eigenvalue weighted by molar-refractivity contribution is 7.26. The van der Waals surface area contributed by atoms with Crippen LogP contribution in [0.2, 0.25) is 0 Å². The molecule has 3 aromatic heterocycles. The Morgan fingerprint density at radius 2 is 0.644 bits per heavy atom. The Morgan fingerprint density at radius 3 is 1.29 bits per heavy atom. The minimum atomic E-state index is 0.975. The molecule has 19 aromatic rings. The number of benzene rings is 16. The SMILES string of the molecule is Cc1ccc(-c2ccc3ccccc3c2)cc1.Cc1ccc(-c2cccc3ccccc23)cc1.Cc1ccc(-c2ccccc2)c2ccccc12.Cc1cccc2c1oc1c(-c3ccccc3)cccc12.Cc1cccc2c1sc1c(-c3ccccc3)cccc12.Cc1cccnc1-c1ccccc1. The van der Waals surface area contributed by atoms with Crippen LogP contribution in [0, 0.1) is 41.5 Å². The molecule has 0 saturated carbocycles. The molecule has 19 rings (SSSR count). The van der Waals surface area contributed by atoms with E-state index in [4.69, 9.17) is 4.42 Å². The van der Waals surface area contributed by atoms with Gasteiger partial charge >= 0.3 is 0 Å². The van der Waals surface area contributed by atoms with E-state index in [2.05, 4.69) is 392 Å². The van der Waals surface area contributed by atoms with Gasteiger partial charge in [0.1, 0.15) is 11.2 Å². The van der Waals surface area contributed by atoms with Crippen molar-refractivity contribution in [3.05, 3.63) is 416 Å². The molecule has 0 saturated heterocycles. The first-order chi connectivity index (χ1) is 51.1. The number of aromatic nitrogens is 1. The van der Waals surface area contributed by atoms with Gasteiger partial charge < -0.3 is 4.42 Å². The summed E-state index contributed by atoms with van der Waals surface area (Å²) in [5.41, 5.74) is 24.6. The number of furan rings is 1. The summed E-state index contributed by atoms with van der Waals surface area (Å²) in [6, 6.07) is 132. The summed E-state index contributed by atoms with van der Waals surface area (Å²) in [7, 11) is 0. The predicted molar refractivity (Wildman–Crippen MR) is 450 cm³/mol. The molecule has 3 heterocycles. The minimum absolute atomic E-state index is 0.975. The van der Waals surface area contributed by atoms with E-state index >= 15 is 0 Å². The van der Waals surface area contributed by atoms with E-state index in [-0.39, 0.29) is 0 Å². The molecule has 104 heavy (non-hydrogen) atoms. The van der Waals surface area contributed by atoms with E-state index in [0.717, 1.165) is 22.4 Å². The summed E-state index contributed by atoms with van der Waals surface area (Å²) in [6.45, 7) is 12.8. The van der Waals surface area contributed by atoms with Crippen LogP contribution >= 0.6 is 11.3 Å². The van der Waals surface area contributed by atoms with Crippen LogP contribution < -0.4 is 0 Å². The number of aryl methyl sites for hydroxylation is 6. The molecule has 0 fully saturated rings. The third kappa shape index (κ3) is 15.7. The molecule has 16 aromatic carbocycles. The number of hydrogen-bond acceptors (Lipinski definition) is 3. The maximum Gasteiger partial charge on any atom is 0.143 e. The molecule has 0 aliphatic heterocycles. The molecule has 0 aliphatic carbocycles. The van der Waals surface area contributed by atoms with Crippen molar-refractivity contribution in [3.63, 3.8) is 0 Å². The van der Waals surface area contributed by atoms with E-state index in [9.17, 15) is 0 Å². The number of nitrogens with zero attached hydrogens (tertiary/aromatic N) is 1. The molecule has 3 heteroatoms. The fraction of sp³-hybridized carbons (Fsp3) is 0.0594. The van der Waals surface area contributed by atoms with E-state index in [1.807, 2.05) is 47.9 Å². The molecule has 0 unspecified atom stereocenters. The topological polar surface area (TPSA) is 26.0 Å². The molecule has 0 atom stereocenters. The predicted octanol–water partition coefficient (Wildman–Crippen LogP) is 29.1. The zero-order chi connectivity index (χ0) is 71.1. The largest absolute Gasteiger partial charge is 0.455 e. The molecule has 2 nitrogen and oxygen atoms in total. The Morgan fingerprint density at radius 1 is 0.221 bits per heavy atom. The van der Waals surface area contributed by atoms with Crippen LogP contribution in [0.4, 0.5) is 0 Å². The Labute approximate surface area is 615 Å². The summed E-state index contributed by atoms with van der Waals surface area (Å²) in [6.07, 6.45) is 1.83. The van der Waals surface area contributed by atoms with Gasteiger partial charge in [0, 0.05) is 48.3 Å². The highest BCUT2D eigenvalue weighted by Gasteiger charge is 2.15. The maximum absolute atomic E-state index is 6.17. The van der Waals surface area contributed by atoms with Gasteiger partial charge in [0.15, 0.2) is 0 Å². The van der Waals surface area contributed by atoms with Gasteiger partial charge in [-0.25, -0.2) is 0 Å². The Bertz CT molecular complexity index is 5910. The molecule has 0 radical (unpaired) electrons. The van der Waals surface area contributed by atoms with Crippen molar-refractivity contribution >= 4 is 85.8 Å². The van der Waals surface area contributed by atoms with Gasteiger partial charge in [-0.1, -0.05) is 375 Å². The second-order valence-corrected chi connectivity index (χ2v) is 27.4. The smallest absolute Gasteiger partial charge is 0.143 e. The van der Waals surface area contributed by atoms with Crippen LogP contribution in [0.5, 0.6) is 0 Å². The van der Waals surface area contributed by atoms with Crippen molar-refractivity contribution in [1.29, 1.82) is 0 Å². The first-order valence-corrected chi connectivity index (χ1v) is 36.5. The molecular weight excluding hydrogens is 1280 g/mol. The average Bonchev–Trinajstić information content (AvgIpc) is 1.61. The second kappa shape index (κ2) is 32.4. The number of hydrogen-bond donors (Lipinski definition) is 0. The summed E-state index contributed by atoms with van der Waals surface area (Å²) >= 11 is 1.91. The lowest BCUT2D eigenvalue weighted by atomic mass is 9.96. The Kier molecular flexibility index (Phi) is 21.4. The second-order valence-electron chi connectivity index (χ2n) is 26.4. The van der Waals surface area contributed by atoms with Crippen molar-refractivity contribution < 1.29 is 4.42 Å². The maximum atomic E-state index is 6.17. The van der Waals surface area contributed by atoms with Crippen LogP contribution in [0.1, 0.15) is 33.4 Å². The van der Waals surface area contributed by atoms with Crippen molar-refractivity contribution in [2.45, 2.75) is 41.5 Å². The fourth-order valence-electron chi connectivity index (χ4n) is 13.6. The van der Waals surface area contributed by atoms with Crippen molar-refractivity contribution in [2.24, 2.45) is 0 Å². The van der Waals surface area contributed by atoms with Crippen molar-refractivity contribution in [3.8, 4) is 66.9 Å². The number of fused-ring (bicyclic) bond motifs is 9. The quantitative estimate of drug-likeness (QED) is 0.166. The summed E-state index contributed by atoms with van der Waals surface area (Å²) in [5, 5.41) is 13.0. The molecular formula is C101H81NOS. The van der Waals surface area contributed by atoms with Gasteiger partial charge in [-0.05, 0) is 158 Å². The fourth-order valence-corrected chi connectivity index (χ4v) is 14.9. The molecule has 0 amide bonds. The third-order valence-electron chi connectivity index (χ3n) is 19.2. The summed E-state index contributed by atoms with van der Waals surface area (Å²) in [5.74, 6) is 0. The summed E-state index contributed by atoms with van der Waals surface area (Å²) in [4.78, 5) is 4.35. The van der Waals surface area contributed by atoms with Gasteiger partial charge in [0.2, 0.25) is 0 Å². The third-order valence-corrected chi connectivity index (χ3v) is 20.6. The van der Waals surface area contributed by atoms with Gasteiger partial charge in [-0.3, -0.25) is 4.98 Å². The normalized spacial score (nSPS) is 10.8. The highest BCUT2D eigenvalue weighted by Crippen LogP contribution is 2.42. The number of rotatable bonds is 6. The van der Waals surface area contributed by atoms with Gasteiger partial charge in [0.05, 0.1) is 5.69 Å². The van der Waals surface area contributed by atoms with Crippen LogP contribution in [0.15, 0.2) is 387 Å². The lowest BCUT2D eigenvalue weighted by Crippen LogP contribution is -1.85. The molecule has 502 valence electrons. The molecule has 0 N–H and O–H groups in total. The van der Waals surface area contributed by atoms with Gasteiger partial charge in [0.25, 0.3) is 0 Å². The number of thiophene rings is 1. The van der Waals surface area contributed by atoms with E-state index in [1.165, 1.54) is 152 Å². The van der Waals surface area contributed by atoms with Crippen molar-refractivity contribution in [2.75, 3.05) is 0 Å². The zero-order valence-corrected chi connectivity index (χ0v) is 60.5. The minimum Gasteiger partial charge on any atom is -0.455 e. The lowest BCUT2D eigenvalue weighted by Gasteiger charge is -2.09. The van der Waals surface area contributed by atoms with Gasteiger partial charge in [-0.15, -0.1) is 11.3 Å². The number of pyridine rings is 1. The molecule has 0 aliphatic rings. The lowest BCUT2D eigenvalue weighted by molar-refractivity contribution is 0.667. The van der Waals surface area contributed by atoms with Crippen LogP contribution in [0.25, 0.3) is 141 Å². The Balaban J connectivity index is 0.000000106. The molecule has 0 bridgehead atoms. The van der Waals surface area contributed by atoms with Crippen LogP contribution in [-0.2, 0) is 0 Å². The van der Waals surface area contributed by atoms with Crippen molar-refractivity contribution in [1.82, 2.24) is 4.98 Å². The zero-order valence-electron chi connectivity index (χ0n) is 59.6. The average molecular weight is 1360 g/mol. The molecule has 0 spiro atoms. The van der Waals surface area contributed by atoms with E-state index < -0.39 is 0 Å². The van der Waals surface area contributed by atoms with Crippen LogP contribution in [0.3, 0.4) is 0 Å².